The van der Waals surface area contributed by atoms with Gasteiger partial charge in [0.05, 0.1) is 19.8 Å². The molecule has 156 valence electrons. The summed E-state index contributed by atoms with van der Waals surface area (Å²) < 4.78 is 17.4. The standard InChI is InChI=1S/C20H30N2O5S/c1-6-13-9-12(7-8-14(13)25-5)10-26-11(2)18-17(24)16(23)15-19(27-18)28-20(21-15)22(3)4/h7-9,11,15-19,23-24H,6,10H2,1-5H3/t11-,15+,16+,17-,18+,19+/m0/s1. The second-order valence-corrected chi connectivity index (χ2v) is 8.45. The van der Waals surface area contributed by atoms with Gasteiger partial charge >= 0.3 is 0 Å². The van der Waals surface area contributed by atoms with Crippen molar-refractivity contribution >= 4 is 16.9 Å². The Balaban J connectivity index is 1.63. The molecule has 1 fully saturated rings. The number of rotatable bonds is 6. The Labute approximate surface area is 170 Å². The van der Waals surface area contributed by atoms with E-state index in [1.807, 2.05) is 38.1 Å². The van der Waals surface area contributed by atoms with Crippen molar-refractivity contribution < 1.29 is 24.4 Å². The van der Waals surface area contributed by atoms with Crippen LogP contribution in [0.3, 0.4) is 0 Å². The number of aliphatic hydroxyl groups is 2. The molecule has 2 aliphatic heterocycles. The van der Waals surface area contributed by atoms with Crippen LogP contribution in [0, 0.1) is 0 Å². The van der Waals surface area contributed by atoms with Gasteiger partial charge in [0.25, 0.3) is 0 Å². The van der Waals surface area contributed by atoms with Gasteiger partial charge in [-0.15, -0.1) is 0 Å². The van der Waals surface area contributed by atoms with Crippen molar-refractivity contribution in [3.8, 4) is 5.75 Å². The van der Waals surface area contributed by atoms with Gasteiger partial charge in [0.2, 0.25) is 0 Å². The van der Waals surface area contributed by atoms with E-state index in [4.69, 9.17) is 14.2 Å². The van der Waals surface area contributed by atoms with Crippen LogP contribution in [-0.4, -0.2) is 77.4 Å². The Morgan fingerprint density at radius 3 is 2.68 bits per heavy atom. The lowest BCUT2D eigenvalue weighted by molar-refractivity contribution is -0.193. The van der Waals surface area contributed by atoms with E-state index in [9.17, 15) is 10.2 Å². The molecule has 0 saturated carbocycles. The number of hydrogen-bond acceptors (Lipinski definition) is 8. The molecule has 1 aromatic rings. The second-order valence-electron chi connectivity index (χ2n) is 7.38. The van der Waals surface area contributed by atoms with Gasteiger partial charge in [0, 0.05) is 14.1 Å². The Morgan fingerprint density at radius 2 is 2.04 bits per heavy atom. The largest absolute Gasteiger partial charge is 0.496 e. The van der Waals surface area contributed by atoms with E-state index in [0.29, 0.717) is 6.61 Å². The zero-order chi connectivity index (χ0) is 20.4. The third-order valence-electron chi connectivity index (χ3n) is 5.17. The molecule has 28 heavy (non-hydrogen) atoms. The van der Waals surface area contributed by atoms with Crippen LogP contribution in [0.15, 0.2) is 23.2 Å². The van der Waals surface area contributed by atoms with Gasteiger partial charge in [-0.2, -0.15) is 0 Å². The number of aryl methyl sites for hydroxylation is 1. The first kappa shape index (κ1) is 21.4. The molecular formula is C20H30N2O5S. The molecular weight excluding hydrogens is 380 g/mol. The lowest BCUT2D eigenvalue weighted by atomic mass is 9.95. The molecule has 2 heterocycles. The highest BCUT2D eigenvalue weighted by Gasteiger charge is 2.50. The molecule has 1 saturated heterocycles. The highest BCUT2D eigenvalue weighted by Crippen LogP contribution is 2.38. The predicted octanol–water partition coefficient (Wildman–Crippen LogP) is 1.64. The molecule has 0 aromatic heterocycles. The van der Waals surface area contributed by atoms with Crippen molar-refractivity contribution in [1.82, 2.24) is 4.90 Å². The summed E-state index contributed by atoms with van der Waals surface area (Å²) in [5.74, 6) is 0.870. The first-order valence-electron chi connectivity index (χ1n) is 9.56. The summed E-state index contributed by atoms with van der Waals surface area (Å²) in [4.78, 5) is 6.37. The van der Waals surface area contributed by atoms with E-state index < -0.39 is 24.4 Å². The fraction of sp³-hybridized carbons (Fsp3) is 0.650. The Hall–Kier alpha value is -1.32. The number of ether oxygens (including phenoxy) is 3. The monoisotopic (exact) mass is 410 g/mol. The fourth-order valence-electron chi connectivity index (χ4n) is 3.50. The molecule has 1 aromatic carbocycles. The van der Waals surface area contributed by atoms with Crippen molar-refractivity contribution in [2.45, 2.75) is 62.8 Å². The van der Waals surface area contributed by atoms with E-state index in [0.717, 1.165) is 28.5 Å². The van der Waals surface area contributed by atoms with Crippen molar-refractivity contribution in [2.75, 3.05) is 21.2 Å². The van der Waals surface area contributed by atoms with Crippen LogP contribution in [0.4, 0.5) is 0 Å². The molecule has 3 rings (SSSR count). The summed E-state index contributed by atoms with van der Waals surface area (Å²) in [7, 11) is 5.46. The maximum Gasteiger partial charge on any atom is 0.161 e. The van der Waals surface area contributed by atoms with Gasteiger partial charge < -0.3 is 29.3 Å². The van der Waals surface area contributed by atoms with Crippen molar-refractivity contribution in [3.63, 3.8) is 0 Å². The molecule has 8 heteroatoms. The Bertz CT molecular complexity index is 714. The summed E-state index contributed by atoms with van der Waals surface area (Å²) in [5.41, 5.74) is 1.83. The van der Waals surface area contributed by atoms with E-state index in [-0.39, 0.29) is 11.5 Å². The van der Waals surface area contributed by atoms with Crippen LogP contribution in [0.25, 0.3) is 0 Å². The van der Waals surface area contributed by atoms with Gasteiger partial charge in [-0.1, -0.05) is 24.8 Å². The minimum atomic E-state index is -1.05. The molecule has 6 atom stereocenters. The molecule has 0 amide bonds. The van der Waals surface area contributed by atoms with Crippen LogP contribution in [0.1, 0.15) is 25.0 Å². The average molecular weight is 411 g/mol. The SMILES string of the molecule is CCc1cc(CO[C@@H](C)[C@H]2O[C@@H]3SC(N(C)C)=N[C@@H]3[C@@H](O)[C@@H]2O)ccc1OC. The highest BCUT2D eigenvalue weighted by atomic mass is 32.2. The van der Waals surface area contributed by atoms with Gasteiger partial charge in [-0.25, -0.2) is 0 Å². The second kappa shape index (κ2) is 9.00. The summed E-state index contributed by atoms with van der Waals surface area (Å²) in [6, 6.07) is 5.52. The lowest BCUT2D eigenvalue weighted by Crippen LogP contribution is -2.58. The van der Waals surface area contributed by atoms with Crippen molar-refractivity contribution in [3.05, 3.63) is 29.3 Å². The number of thioether (sulfide) groups is 1. The molecule has 2 aliphatic rings. The number of methoxy groups -OCH3 is 1. The zero-order valence-corrected chi connectivity index (χ0v) is 17.8. The smallest absolute Gasteiger partial charge is 0.161 e. The average Bonchev–Trinajstić information content (AvgIpc) is 3.13. The van der Waals surface area contributed by atoms with Crippen LogP contribution >= 0.6 is 11.8 Å². The number of amidine groups is 1. The van der Waals surface area contributed by atoms with Crippen LogP contribution in [0.5, 0.6) is 5.75 Å². The van der Waals surface area contributed by atoms with Gasteiger partial charge in [0.1, 0.15) is 35.5 Å². The predicted molar refractivity (Wildman–Crippen MR) is 110 cm³/mol. The number of hydrogen-bond donors (Lipinski definition) is 2. The van der Waals surface area contributed by atoms with E-state index >= 15 is 0 Å². The third kappa shape index (κ3) is 4.31. The maximum absolute atomic E-state index is 10.6. The summed E-state index contributed by atoms with van der Waals surface area (Å²) in [6.45, 7) is 4.33. The van der Waals surface area contributed by atoms with Gasteiger partial charge in [-0.05, 0) is 36.6 Å². The lowest BCUT2D eigenvalue weighted by Gasteiger charge is -2.40. The molecule has 0 bridgehead atoms. The first-order valence-corrected chi connectivity index (χ1v) is 10.4. The van der Waals surface area contributed by atoms with Gasteiger partial charge in [0.15, 0.2) is 5.17 Å². The van der Waals surface area contributed by atoms with E-state index in [2.05, 4.69) is 18.0 Å². The molecule has 0 spiro atoms. The number of fused-ring (bicyclic) bond motifs is 1. The number of benzene rings is 1. The molecule has 0 unspecified atom stereocenters. The van der Waals surface area contributed by atoms with Crippen LogP contribution in [-0.2, 0) is 22.5 Å². The van der Waals surface area contributed by atoms with Crippen molar-refractivity contribution in [1.29, 1.82) is 0 Å². The zero-order valence-electron chi connectivity index (χ0n) is 17.0. The normalized spacial score (nSPS) is 30.5. The number of aliphatic imine (C=N–C) groups is 1. The molecule has 7 nitrogen and oxygen atoms in total. The van der Waals surface area contributed by atoms with Crippen LogP contribution < -0.4 is 4.74 Å². The molecule has 0 radical (unpaired) electrons. The maximum atomic E-state index is 10.6. The van der Waals surface area contributed by atoms with Crippen LogP contribution in [0.2, 0.25) is 0 Å². The third-order valence-corrected chi connectivity index (χ3v) is 6.48. The number of nitrogens with zero attached hydrogens (tertiary/aromatic N) is 2. The van der Waals surface area contributed by atoms with E-state index in [1.165, 1.54) is 11.8 Å². The molecule has 2 N–H and O–H groups in total. The Morgan fingerprint density at radius 1 is 1.29 bits per heavy atom. The minimum absolute atomic E-state index is 0.320. The first-order chi connectivity index (χ1) is 13.3. The fourth-order valence-corrected chi connectivity index (χ4v) is 4.65. The van der Waals surface area contributed by atoms with Gasteiger partial charge in [-0.3, -0.25) is 4.99 Å². The highest BCUT2D eigenvalue weighted by molar-refractivity contribution is 8.14. The summed E-state index contributed by atoms with van der Waals surface area (Å²) in [5, 5.41) is 21.9. The van der Waals surface area contributed by atoms with Crippen molar-refractivity contribution in [2.24, 2.45) is 4.99 Å². The minimum Gasteiger partial charge on any atom is -0.496 e. The summed E-state index contributed by atoms with van der Waals surface area (Å²) >= 11 is 1.47. The molecule has 0 aliphatic carbocycles. The topological polar surface area (TPSA) is 83.8 Å². The Kier molecular flexibility index (Phi) is 6.88. The quantitative estimate of drug-likeness (QED) is 0.738. The summed E-state index contributed by atoms with van der Waals surface area (Å²) in [6.07, 6.45) is -2.17. The number of aliphatic hydroxyl groups excluding tert-OH is 2. The van der Waals surface area contributed by atoms with E-state index in [1.54, 1.807) is 7.11 Å².